The van der Waals surface area contributed by atoms with Crippen LogP contribution in [0.4, 0.5) is 0 Å². The number of amides is 1. The van der Waals surface area contributed by atoms with Crippen molar-refractivity contribution in [2.24, 2.45) is 0 Å². The van der Waals surface area contributed by atoms with Gasteiger partial charge < -0.3 is 5.32 Å². The second-order valence-electron chi connectivity index (χ2n) is 2.84. The van der Waals surface area contributed by atoms with Crippen LogP contribution in [0.2, 0.25) is 5.02 Å². The molecule has 0 saturated carbocycles. The summed E-state index contributed by atoms with van der Waals surface area (Å²) in [4.78, 5) is 11.4. The summed E-state index contributed by atoms with van der Waals surface area (Å²) in [6.45, 7) is 8.43. The van der Waals surface area contributed by atoms with Crippen molar-refractivity contribution in [1.82, 2.24) is 5.32 Å². The summed E-state index contributed by atoms with van der Waals surface area (Å²) in [6.07, 6.45) is 0. The molecule has 3 heteroatoms. The number of carbonyl (C=O) groups is 1. The second-order valence-corrected chi connectivity index (χ2v) is 3.25. The van der Waals surface area contributed by atoms with E-state index in [0.717, 1.165) is 5.56 Å². The van der Waals surface area contributed by atoms with Gasteiger partial charge in [-0.15, -0.1) is 0 Å². The van der Waals surface area contributed by atoms with Gasteiger partial charge in [0.15, 0.2) is 0 Å². The molecule has 0 aliphatic heterocycles. The fourth-order valence-electron chi connectivity index (χ4n) is 1.06. The minimum absolute atomic E-state index is 0.118. The zero-order valence-corrected chi connectivity index (χ0v) is 10.5. The number of aryl methyl sites for hydroxylation is 1. The fourth-order valence-corrected chi connectivity index (χ4v) is 1.38. The minimum atomic E-state index is -0.118. The highest BCUT2D eigenvalue weighted by Crippen LogP contribution is 2.17. The van der Waals surface area contributed by atoms with Crippen LogP contribution in [-0.4, -0.2) is 12.5 Å². The summed E-state index contributed by atoms with van der Waals surface area (Å²) < 4.78 is 0. The first-order valence-corrected chi connectivity index (χ1v) is 5.57. The lowest BCUT2D eigenvalue weighted by Crippen LogP contribution is -2.22. The van der Waals surface area contributed by atoms with Crippen molar-refractivity contribution in [3.63, 3.8) is 0 Å². The standard InChI is InChI=1S/C10H12ClNO.C2H6/c1-3-12-10(13)8-5-4-7(2)6-9(8)11;1-2/h4-6H,3H2,1-2H3,(H,12,13);1-2H3. The number of nitrogens with one attached hydrogen (secondary N) is 1. The van der Waals surface area contributed by atoms with Gasteiger partial charge in [-0.3, -0.25) is 4.79 Å². The Hall–Kier alpha value is -1.02. The lowest BCUT2D eigenvalue weighted by Gasteiger charge is -2.04. The Balaban J connectivity index is 0.000000921. The van der Waals surface area contributed by atoms with E-state index in [1.807, 2.05) is 33.8 Å². The van der Waals surface area contributed by atoms with Crippen molar-refractivity contribution >= 4 is 17.5 Å². The van der Waals surface area contributed by atoms with E-state index in [4.69, 9.17) is 11.6 Å². The molecule has 0 fully saturated rings. The first-order valence-electron chi connectivity index (χ1n) is 5.19. The van der Waals surface area contributed by atoms with Crippen LogP contribution in [0.1, 0.15) is 36.7 Å². The van der Waals surface area contributed by atoms with Crippen molar-refractivity contribution in [2.45, 2.75) is 27.7 Å². The molecule has 0 radical (unpaired) electrons. The molecule has 0 unspecified atom stereocenters. The molecule has 0 atom stereocenters. The van der Waals surface area contributed by atoms with Gasteiger partial charge in [0.05, 0.1) is 10.6 Å². The predicted molar refractivity (Wildman–Crippen MR) is 65.5 cm³/mol. The minimum Gasteiger partial charge on any atom is -0.352 e. The van der Waals surface area contributed by atoms with Crippen LogP contribution < -0.4 is 5.32 Å². The maximum Gasteiger partial charge on any atom is 0.252 e. The quantitative estimate of drug-likeness (QED) is 0.824. The maximum absolute atomic E-state index is 11.4. The van der Waals surface area contributed by atoms with Gasteiger partial charge in [0, 0.05) is 6.54 Å². The Morgan fingerprint density at radius 2 is 2.00 bits per heavy atom. The SMILES string of the molecule is CC.CCNC(=O)c1ccc(C)cc1Cl. The summed E-state index contributed by atoms with van der Waals surface area (Å²) in [5.74, 6) is -0.118. The van der Waals surface area contributed by atoms with Crippen LogP contribution in [0.25, 0.3) is 0 Å². The van der Waals surface area contributed by atoms with Crippen molar-refractivity contribution in [2.75, 3.05) is 6.54 Å². The van der Waals surface area contributed by atoms with E-state index >= 15 is 0 Å². The molecule has 0 saturated heterocycles. The van der Waals surface area contributed by atoms with Crippen LogP contribution in [0.3, 0.4) is 0 Å². The Labute approximate surface area is 96.6 Å². The van der Waals surface area contributed by atoms with E-state index in [0.29, 0.717) is 17.1 Å². The van der Waals surface area contributed by atoms with Crippen LogP contribution in [0, 0.1) is 6.92 Å². The van der Waals surface area contributed by atoms with E-state index in [1.165, 1.54) is 0 Å². The molecule has 1 rings (SSSR count). The number of hydrogen-bond donors (Lipinski definition) is 1. The number of carbonyl (C=O) groups excluding carboxylic acids is 1. The highest BCUT2D eigenvalue weighted by molar-refractivity contribution is 6.33. The number of halogens is 1. The maximum atomic E-state index is 11.4. The van der Waals surface area contributed by atoms with Crippen molar-refractivity contribution in [3.8, 4) is 0 Å². The summed E-state index contributed by atoms with van der Waals surface area (Å²) in [5.41, 5.74) is 1.59. The highest BCUT2D eigenvalue weighted by atomic mass is 35.5. The zero-order chi connectivity index (χ0) is 11.8. The molecule has 1 aromatic rings. The normalized spacial score (nSPS) is 8.87. The Morgan fingerprint density at radius 1 is 1.40 bits per heavy atom. The van der Waals surface area contributed by atoms with Crippen LogP contribution in [-0.2, 0) is 0 Å². The Kier molecular flexibility index (Phi) is 6.80. The highest BCUT2D eigenvalue weighted by Gasteiger charge is 2.08. The van der Waals surface area contributed by atoms with Gasteiger partial charge in [0.2, 0.25) is 0 Å². The summed E-state index contributed by atoms with van der Waals surface area (Å²) in [7, 11) is 0. The first kappa shape index (κ1) is 14.0. The van der Waals surface area contributed by atoms with E-state index in [1.54, 1.807) is 12.1 Å². The third-order valence-corrected chi connectivity index (χ3v) is 2.02. The van der Waals surface area contributed by atoms with Gasteiger partial charge in [-0.25, -0.2) is 0 Å². The van der Waals surface area contributed by atoms with Crippen LogP contribution >= 0.6 is 11.6 Å². The molecular formula is C12H18ClNO. The van der Waals surface area contributed by atoms with Gasteiger partial charge in [0.1, 0.15) is 0 Å². The lowest BCUT2D eigenvalue weighted by molar-refractivity contribution is 0.0956. The molecule has 2 nitrogen and oxygen atoms in total. The third-order valence-electron chi connectivity index (χ3n) is 1.71. The fraction of sp³-hybridized carbons (Fsp3) is 0.417. The van der Waals surface area contributed by atoms with Gasteiger partial charge >= 0.3 is 0 Å². The van der Waals surface area contributed by atoms with E-state index in [-0.39, 0.29) is 5.91 Å². The number of rotatable bonds is 2. The van der Waals surface area contributed by atoms with Gasteiger partial charge in [-0.1, -0.05) is 31.5 Å². The van der Waals surface area contributed by atoms with Crippen molar-refractivity contribution in [1.29, 1.82) is 0 Å². The summed E-state index contributed by atoms with van der Waals surface area (Å²) >= 11 is 5.90. The molecule has 0 spiro atoms. The van der Waals surface area contributed by atoms with Crippen molar-refractivity contribution < 1.29 is 4.79 Å². The molecule has 15 heavy (non-hydrogen) atoms. The molecule has 0 bridgehead atoms. The number of benzene rings is 1. The summed E-state index contributed by atoms with van der Waals surface area (Å²) in [6, 6.07) is 5.39. The van der Waals surface area contributed by atoms with Gasteiger partial charge in [0.25, 0.3) is 5.91 Å². The largest absolute Gasteiger partial charge is 0.352 e. The molecule has 1 amide bonds. The van der Waals surface area contributed by atoms with E-state index < -0.39 is 0 Å². The molecule has 1 N–H and O–H groups in total. The number of hydrogen-bond acceptors (Lipinski definition) is 1. The van der Waals surface area contributed by atoms with Gasteiger partial charge in [-0.05, 0) is 31.5 Å². The first-order chi connectivity index (χ1) is 7.15. The van der Waals surface area contributed by atoms with E-state index in [2.05, 4.69) is 5.32 Å². The third kappa shape index (κ3) is 4.34. The smallest absolute Gasteiger partial charge is 0.252 e. The van der Waals surface area contributed by atoms with Gasteiger partial charge in [-0.2, -0.15) is 0 Å². The summed E-state index contributed by atoms with van der Waals surface area (Å²) in [5, 5.41) is 3.20. The molecule has 1 aromatic carbocycles. The second kappa shape index (κ2) is 7.30. The lowest BCUT2D eigenvalue weighted by atomic mass is 10.1. The Morgan fingerprint density at radius 3 is 2.47 bits per heavy atom. The Bertz CT molecular complexity index is 323. The topological polar surface area (TPSA) is 29.1 Å². The van der Waals surface area contributed by atoms with Crippen LogP contribution in [0.5, 0.6) is 0 Å². The average Bonchev–Trinajstić information content (AvgIpc) is 2.21. The van der Waals surface area contributed by atoms with Crippen LogP contribution in [0.15, 0.2) is 18.2 Å². The predicted octanol–water partition coefficient (Wildman–Crippen LogP) is 3.42. The molecule has 0 aromatic heterocycles. The monoisotopic (exact) mass is 227 g/mol. The molecule has 0 aliphatic rings. The molecule has 84 valence electrons. The van der Waals surface area contributed by atoms with E-state index in [9.17, 15) is 4.79 Å². The molecule has 0 aliphatic carbocycles. The zero-order valence-electron chi connectivity index (χ0n) is 9.73. The molecular weight excluding hydrogens is 210 g/mol. The van der Waals surface area contributed by atoms with Crippen molar-refractivity contribution in [3.05, 3.63) is 34.3 Å². The molecule has 0 heterocycles. The average molecular weight is 228 g/mol.